The number of H-pyrrole nitrogens is 1. The number of carbonyl (C=O) groups excluding carboxylic acids is 1. The molecule has 0 radical (unpaired) electrons. The molecule has 3 nitrogen and oxygen atoms in total. The summed E-state index contributed by atoms with van der Waals surface area (Å²) < 4.78 is 0. The van der Waals surface area contributed by atoms with E-state index < -0.39 is 0 Å². The Balaban J connectivity index is 1.78. The highest BCUT2D eigenvalue weighted by atomic mass is 16.1. The minimum Gasteiger partial charge on any atom is -0.358 e. The van der Waals surface area contributed by atoms with Crippen LogP contribution in [0.5, 0.6) is 0 Å². The Labute approximate surface area is 132 Å². The van der Waals surface area contributed by atoms with Gasteiger partial charge in [0.15, 0.2) is 0 Å². The highest BCUT2D eigenvalue weighted by molar-refractivity contribution is 5.87. The van der Waals surface area contributed by atoms with E-state index in [0.29, 0.717) is 6.42 Å². The average Bonchev–Trinajstić information content (AvgIpc) is 2.76. The first-order chi connectivity index (χ1) is 10.3. The maximum absolute atomic E-state index is 12.2. The topological polar surface area (TPSA) is 44.9 Å². The van der Waals surface area contributed by atoms with Crippen molar-refractivity contribution in [2.75, 3.05) is 0 Å². The lowest BCUT2D eigenvalue weighted by Crippen LogP contribution is -2.40. The molecule has 2 N–H and O–H groups in total. The first kappa shape index (κ1) is 15.1. The number of rotatable bonds is 2. The van der Waals surface area contributed by atoms with Gasteiger partial charge in [0.25, 0.3) is 0 Å². The molecule has 0 spiro atoms. The molecule has 1 aliphatic carbocycles. The maximum Gasteiger partial charge on any atom is 0.220 e. The van der Waals surface area contributed by atoms with Crippen LogP contribution in [0.3, 0.4) is 0 Å². The fraction of sp³-hybridized carbons (Fsp3) is 0.526. The van der Waals surface area contributed by atoms with E-state index >= 15 is 0 Å². The molecule has 0 fully saturated rings. The van der Waals surface area contributed by atoms with Gasteiger partial charge in [-0.05, 0) is 42.7 Å². The van der Waals surface area contributed by atoms with Gasteiger partial charge in [0, 0.05) is 29.1 Å². The molecule has 1 aliphatic rings. The smallest absolute Gasteiger partial charge is 0.220 e. The van der Waals surface area contributed by atoms with Crippen molar-refractivity contribution in [3.05, 3.63) is 35.0 Å². The molecule has 1 aromatic carbocycles. The molecule has 1 atom stereocenters. The Bertz CT molecular complexity index is 706. The summed E-state index contributed by atoms with van der Waals surface area (Å²) >= 11 is 0. The fourth-order valence-corrected chi connectivity index (χ4v) is 3.47. The summed E-state index contributed by atoms with van der Waals surface area (Å²) in [6, 6.07) is 6.72. The van der Waals surface area contributed by atoms with Gasteiger partial charge in [0.05, 0.1) is 0 Å². The van der Waals surface area contributed by atoms with Gasteiger partial charge in [-0.25, -0.2) is 0 Å². The summed E-state index contributed by atoms with van der Waals surface area (Å²) in [4.78, 5) is 15.8. The monoisotopic (exact) mass is 298 g/mol. The SMILES string of the molecule is Cc1cccc2c3c([nH]c12)CCC(NC(=O)CC(C)(C)C)C3. The number of nitrogens with one attached hydrogen (secondary N) is 2. The van der Waals surface area contributed by atoms with Crippen LogP contribution in [-0.2, 0) is 17.6 Å². The Morgan fingerprint density at radius 3 is 2.86 bits per heavy atom. The highest BCUT2D eigenvalue weighted by Gasteiger charge is 2.25. The third kappa shape index (κ3) is 3.03. The van der Waals surface area contributed by atoms with Crippen LogP contribution >= 0.6 is 0 Å². The largest absolute Gasteiger partial charge is 0.358 e. The van der Waals surface area contributed by atoms with Crippen molar-refractivity contribution < 1.29 is 4.79 Å². The number of amides is 1. The molecular weight excluding hydrogens is 272 g/mol. The number of hydrogen-bond donors (Lipinski definition) is 2. The first-order valence-electron chi connectivity index (χ1n) is 8.22. The van der Waals surface area contributed by atoms with Gasteiger partial charge >= 0.3 is 0 Å². The molecule has 3 rings (SSSR count). The summed E-state index contributed by atoms with van der Waals surface area (Å²) in [5, 5.41) is 4.56. The van der Waals surface area contributed by atoms with E-state index in [4.69, 9.17) is 0 Å². The molecule has 0 saturated carbocycles. The molecule has 3 heteroatoms. The van der Waals surface area contributed by atoms with E-state index in [-0.39, 0.29) is 17.4 Å². The molecule has 1 unspecified atom stereocenters. The summed E-state index contributed by atoms with van der Waals surface area (Å²) in [6.45, 7) is 8.46. The van der Waals surface area contributed by atoms with E-state index in [2.05, 4.69) is 56.2 Å². The van der Waals surface area contributed by atoms with Gasteiger partial charge in [-0.15, -0.1) is 0 Å². The molecule has 118 valence electrons. The molecule has 2 aromatic rings. The molecular formula is C19H26N2O. The van der Waals surface area contributed by atoms with E-state index in [1.54, 1.807) is 0 Å². The van der Waals surface area contributed by atoms with Gasteiger partial charge in [-0.3, -0.25) is 4.79 Å². The zero-order valence-electron chi connectivity index (χ0n) is 14.0. The van der Waals surface area contributed by atoms with Crippen molar-refractivity contribution >= 4 is 16.8 Å². The Kier molecular flexibility index (Phi) is 3.75. The van der Waals surface area contributed by atoms with Crippen LogP contribution < -0.4 is 5.32 Å². The van der Waals surface area contributed by atoms with Gasteiger partial charge < -0.3 is 10.3 Å². The molecule has 22 heavy (non-hydrogen) atoms. The number of para-hydroxylation sites is 1. The van der Waals surface area contributed by atoms with Crippen LogP contribution in [-0.4, -0.2) is 16.9 Å². The Morgan fingerprint density at radius 1 is 1.36 bits per heavy atom. The highest BCUT2D eigenvalue weighted by Crippen LogP contribution is 2.31. The van der Waals surface area contributed by atoms with Gasteiger partial charge in [0.1, 0.15) is 0 Å². The third-order valence-corrected chi connectivity index (χ3v) is 4.49. The molecule has 1 amide bonds. The zero-order valence-corrected chi connectivity index (χ0v) is 14.0. The predicted molar refractivity (Wildman–Crippen MR) is 91.1 cm³/mol. The number of benzene rings is 1. The summed E-state index contributed by atoms with van der Waals surface area (Å²) in [5.41, 5.74) is 5.34. The first-order valence-corrected chi connectivity index (χ1v) is 8.22. The van der Waals surface area contributed by atoms with E-state index in [1.807, 2.05) is 0 Å². The maximum atomic E-state index is 12.2. The van der Waals surface area contributed by atoms with Crippen LogP contribution in [0, 0.1) is 12.3 Å². The van der Waals surface area contributed by atoms with Crippen LogP contribution in [0.15, 0.2) is 18.2 Å². The standard InChI is InChI=1S/C19H26N2O/c1-12-6-5-7-14-15-10-13(8-9-16(15)21-18(12)14)20-17(22)11-19(2,3)4/h5-7,13,21H,8-11H2,1-4H3,(H,20,22). The number of fused-ring (bicyclic) bond motifs is 3. The number of aryl methyl sites for hydroxylation is 2. The van der Waals surface area contributed by atoms with Gasteiger partial charge in [-0.1, -0.05) is 39.0 Å². The fourth-order valence-electron chi connectivity index (χ4n) is 3.47. The van der Waals surface area contributed by atoms with Gasteiger partial charge in [-0.2, -0.15) is 0 Å². The quantitative estimate of drug-likeness (QED) is 0.868. The molecule has 0 bridgehead atoms. The lowest BCUT2D eigenvalue weighted by atomic mass is 9.89. The molecule has 1 aromatic heterocycles. The second-order valence-corrected chi connectivity index (χ2v) is 7.82. The van der Waals surface area contributed by atoms with Crippen molar-refractivity contribution in [3.8, 4) is 0 Å². The predicted octanol–water partition coefficient (Wildman–Crippen LogP) is 3.89. The summed E-state index contributed by atoms with van der Waals surface area (Å²) in [6.07, 6.45) is 3.57. The molecule has 0 aliphatic heterocycles. The number of aromatic amines is 1. The lowest BCUT2D eigenvalue weighted by molar-refractivity contribution is -0.123. The minimum absolute atomic E-state index is 0.0435. The van der Waals surface area contributed by atoms with Crippen LogP contribution in [0.25, 0.3) is 10.9 Å². The van der Waals surface area contributed by atoms with E-state index in [1.165, 1.54) is 27.7 Å². The van der Waals surface area contributed by atoms with Crippen LogP contribution in [0.2, 0.25) is 0 Å². The van der Waals surface area contributed by atoms with Gasteiger partial charge in [0.2, 0.25) is 5.91 Å². The summed E-state index contributed by atoms with van der Waals surface area (Å²) in [5.74, 6) is 0.178. The zero-order chi connectivity index (χ0) is 15.9. The minimum atomic E-state index is 0.0435. The van der Waals surface area contributed by atoms with Crippen molar-refractivity contribution in [2.24, 2.45) is 5.41 Å². The van der Waals surface area contributed by atoms with E-state index in [0.717, 1.165) is 19.3 Å². The molecule has 1 heterocycles. The van der Waals surface area contributed by atoms with Crippen molar-refractivity contribution in [1.29, 1.82) is 0 Å². The van der Waals surface area contributed by atoms with Crippen molar-refractivity contribution in [1.82, 2.24) is 10.3 Å². The van der Waals surface area contributed by atoms with Crippen LogP contribution in [0.1, 0.15) is 50.4 Å². The van der Waals surface area contributed by atoms with Crippen molar-refractivity contribution in [2.45, 2.75) is 59.4 Å². The number of carbonyl (C=O) groups is 1. The summed E-state index contributed by atoms with van der Waals surface area (Å²) in [7, 11) is 0. The Morgan fingerprint density at radius 2 is 2.14 bits per heavy atom. The number of hydrogen-bond acceptors (Lipinski definition) is 1. The average molecular weight is 298 g/mol. The second-order valence-electron chi connectivity index (χ2n) is 7.82. The third-order valence-electron chi connectivity index (χ3n) is 4.49. The second kappa shape index (κ2) is 5.45. The van der Waals surface area contributed by atoms with Crippen LogP contribution in [0.4, 0.5) is 0 Å². The number of aromatic nitrogens is 1. The Hall–Kier alpha value is -1.77. The van der Waals surface area contributed by atoms with E-state index in [9.17, 15) is 4.79 Å². The van der Waals surface area contributed by atoms with Crippen molar-refractivity contribution in [3.63, 3.8) is 0 Å². The normalized spacial score (nSPS) is 18.3. The lowest BCUT2D eigenvalue weighted by Gasteiger charge is -2.25. The molecule has 0 saturated heterocycles.